The topological polar surface area (TPSA) is 73.4 Å². The summed E-state index contributed by atoms with van der Waals surface area (Å²) in [6.07, 6.45) is 2.16. The Kier molecular flexibility index (Phi) is 9.33. The van der Waals surface area contributed by atoms with Crippen LogP contribution in [0.5, 0.6) is 5.75 Å². The molecule has 1 aromatic rings. The second-order valence-electron chi connectivity index (χ2n) is 9.14. The first kappa shape index (κ1) is 26.0. The van der Waals surface area contributed by atoms with Gasteiger partial charge in [-0.15, -0.1) is 0 Å². The van der Waals surface area contributed by atoms with Crippen molar-refractivity contribution in [3.05, 3.63) is 29.8 Å². The van der Waals surface area contributed by atoms with Gasteiger partial charge in [0, 0.05) is 52.2 Å². The highest BCUT2D eigenvalue weighted by Crippen LogP contribution is 2.40. The minimum absolute atomic E-state index is 0.0443. The van der Waals surface area contributed by atoms with Crippen LogP contribution in [0.2, 0.25) is 0 Å². The molecule has 1 aromatic carbocycles. The van der Waals surface area contributed by atoms with Gasteiger partial charge in [0.1, 0.15) is 5.75 Å². The van der Waals surface area contributed by atoms with Crippen molar-refractivity contribution in [2.45, 2.75) is 46.1 Å². The van der Waals surface area contributed by atoms with Gasteiger partial charge in [0.25, 0.3) is 0 Å². The van der Waals surface area contributed by atoms with Gasteiger partial charge in [0.15, 0.2) is 0 Å². The van der Waals surface area contributed by atoms with Gasteiger partial charge in [-0.25, -0.2) is 0 Å². The number of hydrogen-bond acceptors (Lipinski definition) is 5. The summed E-state index contributed by atoms with van der Waals surface area (Å²) in [5.41, 5.74) is 0.976. The number of benzene rings is 1. The van der Waals surface area contributed by atoms with E-state index in [1.165, 1.54) is 0 Å². The van der Waals surface area contributed by atoms with E-state index in [0.29, 0.717) is 52.4 Å². The fourth-order valence-electron chi connectivity index (χ4n) is 5.05. The molecule has 0 aliphatic carbocycles. The lowest BCUT2D eigenvalue weighted by molar-refractivity contribution is -0.139. The first-order valence-electron chi connectivity index (χ1n) is 12.7. The monoisotopic (exact) mass is 472 g/mol. The molecule has 34 heavy (non-hydrogen) atoms. The maximum Gasteiger partial charge on any atom is 0.236 e. The van der Waals surface area contributed by atoms with Crippen molar-refractivity contribution < 1.29 is 19.1 Å². The summed E-state index contributed by atoms with van der Waals surface area (Å²) >= 11 is 0. The van der Waals surface area contributed by atoms with E-state index < -0.39 is 0 Å². The first-order chi connectivity index (χ1) is 16.4. The Bertz CT molecular complexity index is 832. The first-order valence-corrected chi connectivity index (χ1v) is 12.7. The number of likely N-dealkylation sites (N-methyl/N-ethyl adjacent to an activating group) is 1. The van der Waals surface area contributed by atoms with Crippen LogP contribution in [0, 0.1) is 5.92 Å². The van der Waals surface area contributed by atoms with E-state index in [2.05, 4.69) is 11.8 Å². The molecule has 188 valence electrons. The lowest BCUT2D eigenvalue weighted by atomic mass is 9.92. The molecule has 0 spiro atoms. The Morgan fingerprint density at radius 1 is 1.03 bits per heavy atom. The van der Waals surface area contributed by atoms with Crippen LogP contribution in [0.1, 0.15) is 51.6 Å². The highest BCUT2D eigenvalue weighted by atomic mass is 16.5. The van der Waals surface area contributed by atoms with Crippen LogP contribution in [-0.2, 0) is 14.4 Å². The van der Waals surface area contributed by atoms with Gasteiger partial charge < -0.3 is 19.4 Å². The number of ether oxygens (including phenoxy) is 1. The highest BCUT2D eigenvalue weighted by Gasteiger charge is 2.45. The molecule has 2 aliphatic heterocycles. The van der Waals surface area contributed by atoms with Crippen LogP contribution in [0.3, 0.4) is 0 Å². The number of likely N-dealkylation sites (tertiary alicyclic amines) is 1. The predicted molar refractivity (Wildman–Crippen MR) is 131 cm³/mol. The number of amides is 3. The molecule has 0 aromatic heterocycles. The lowest BCUT2D eigenvalue weighted by Gasteiger charge is -2.37. The summed E-state index contributed by atoms with van der Waals surface area (Å²) in [7, 11) is 1.63. The maximum atomic E-state index is 13.6. The van der Waals surface area contributed by atoms with Crippen molar-refractivity contribution in [2.75, 3.05) is 59.5 Å². The molecule has 0 radical (unpaired) electrons. The molecular weight excluding hydrogens is 432 g/mol. The Morgan fingerprint density at radius 2 is 1.68 bits per heavy atom. The maximum absolute atomic E-state index is 13.6. The molecule has 2 aliphatic rings. The zero-order valence-corrected chi connectivity index (χ0v) is 21.2. The van der Waals surface area contributed by atoms with E-state index in [0.717, 1.165) is 24.2 Å². The molecular formula is C26H40N4O4. The number of nitrogens with zero attached hydrogens (tertiary/aromatic N) is 4. The van der Waals surface area contributed by atoms with Crippen molar-refractivity contribution in [3.63, 3.8) is 0 Å². The molecule has 2 atom stereocenters. The molecule has 0 bridgehead atoms. The van der Waals surface area contributed by atoms with Crippen LogP contribution in [0.25, 0.3) is 0 Å². The van der Waals surface area contributed by atoms with E-state index in [1.54, 1.807) is 7.11 Å². The summed E-state index contributed by atoms with van der Waals surface area (Å²) in [6, 6.07) is 7.47. The van der Waals surface area contributed by atoms with Gasteiger partial charge in [-0.2, -0.15) is 0 Å². The molecule has 8 heteroatoms. The summed E-state index contributed by atoms with van der Waals surface area (Å²) in [6.45, 7) is 11.1. The average Bonchev–Trinajstić information content (AvgIpc) is 3.19. The van der Waals surface area contributed by atoms with E-state index >= 15 is 0 Å². The third-order valence-corrected chi connectivity index (χ3v) is 7.12. The van der Waals surface area contributed by atoms with Gasteiger partial charge >= 0.3 is 0 Å². The van der Waals surface area contributed by atoms with Crippen molar-refractivity contribution in [1.29, 1.82) is 0 Å². The number of rotatable bonds is 10. The Hall–Kier alpha value is -2.61. The molecule has 0 N–H and O–H groups in total. The fraction of sp³-hybridized carbons (Fsp3) is 0.654. The zero-order valence-electron chi connectivity index (χ0n) is 21.2. The van der Waals surface area contributed by atoms with Crippen molar-refractivity contribution in [2.24, 2.45) is 5.92 Å². The Labute approximate surface area is 203 Å². The van der Waals surface area contributed by atoms with Crippen LogP contribution >= 0.6 is 0 Å². The van der Waals surface area contributed by atoms with Crippen LogP contribution in [0.4, 0.5) is 0 Å². The van der Waals surface area contributed by atoms with Gasteiger partial charge in [0.05, 0.1) is 25.6 Å². The number of methoxy groups -OCH3 is 1. The number of carbonyl (C=O) groups excluding carboxylic acids is 3. The van der Waals surface area contributed by atoms with E-state index in [-0.39, 0.29) is 36.1 Å². The third-order valence-electron chi connectivity index (χ3n) is 7.12. The normalized spacial score (nSPS) is 21.1. The molecule has 2 saturated heterocycles. The quantitative estimate of drug-likeness (QED) is 0.523. The number of piperazine rings is 1. The van der Waals surface area contributed by atoms with Crippen LogP contribution in [0.15, 0.2) is 24.3 Å². The highest BCUT2D eigenvalue weighted by molar-refractivity contribution is 5.90. The summed E-state index contributed by atoms with van der Waals surface area (Å²) in [5, 5.41) is 0. The minimum Gasteiger partial charge on any atom is -0.497 e. The summed E-state index contributed by atoms with van der Waals surface area (Å²) < 4.78 is 5.29. The van der Waals surface area contributed by atoms with Gasteiger partial charge in [-0.05, 0) is 38.0 Å². The summed E-state index contributed by atoms with van der Waals surface area (Å²) in [5.74, 6) is 0.601. The number of unbranched alkanes of at least 4 members (excludes halogenated alkanes) is 1. The number of carbonyl (C=O) groups is 3. The molecule has 3 amide bonds. The van der Waals surface area contributed by atoms with E-state index in [4.69, 9.17) is 4.74 Å². The predicted octanol–water partition coefficient (Wildman–Crippen LogP) is 2.40. The van der Waals surface area contributed by atoms with Gasteiger partial charge in [0.2, 0.25) is 17.7 Å². The van der Waals surface area contributed by atoms with E-state index in [1.807, 2.05) is 52.8 Å². The molecule has 2 heterocycles. The van der Waals surface area contributed by atoms with Crippen molar-refractivity contribution >= 4 is 17.7 Å². The van der Waals surface area contributed by atoms with Crippen molar-refractivity contribution in [1.82, 2.24) is 19.6 Å². The van der Waals surface area contributed by atoms with Gasteiger partial charge in [-0.3, -0.25) is 19.3 Å². The number of hydrogen-bond donors (Lipinski definition) is 0. The minimum atomic E-state index is -0.387. The second kappa shape index (κ2) is 12.2. The Balaban J connectivity index is 1.69. The second-order valence-corrected chi connectivity index (χ2v) is 9.14. The molecule has 2 fully saturated rings. The Morgan fingerprint density at radius 3 is 2.24 bits per heavy atom. The molecule has 3 rings (SSSR count). The zero-order chi connectivity index (χ0) is 24.7. The van der Waals surface area contributed by atoms with Gasteiger partial charge in [-0.1, -0.05) is 25.5 Å². The van der Waals surface area contributed by atoms with Crippen molar-refractivity contribution in [3.8, 4) is 5.75 Å². The SMILES string of the molecule is CCCCN1C(=O)CC(C(=O)N2CCN(CC(=O)N(CC)CC)CC2)C1c1ccc(OC)cc1. The third kappa shape index (κ3) is 5.90. The largest absolute Gasteiger partial charge is 0.497 e. The standard InChI is InChI=1S/C26H40N4O4/c1-5-8-13-30-23(31)18-22(25(30)20-9-11-21(34-4)12-10-20)26(33)29-16-14-27(15-17-29)19-24(32)28(6-2)7-3/h9-12,22,25H,5-8,13-19H2,1-4H3. The lowest BCUT2D eigenvalue weighted by Crippen LogP contribution is -2.53. The fourth-order valence-corrected chi connectivity index (χ4v) is 5.05. The smallest absolute Gasteiger partial charge is 0.236 e. The molecule has 8 nitrogen and oxygen atoms in total. The summed E-state index contributed by atoms with van der Waals surface area (Å²) in [4.78, 5) is 46.8. The van der Waals surface area contributed by atoms with E-state index in [9.17, 15) is 14.4 Å². The molecule has 0 saturated carbocycles. The average molecular weight is 473 g/mol. The molecule has 2 unspecified atom stereocenters. The van der Waals surface area contributed by atoms with Crippen LogP contribution in [-0.4, -0.2) is 96.8 Å². The van der Waals surface area contributed by atoms with Crippen LogP contribution < -0.4 is 4.74 Å².